The Bertz CT molecular complexity index is 869. The minimum atomic E-state index is -0.0819. The zero-order valence-electron chi connectivity index (χ0n) is 16.8. The van der Waals surface area contributed by atoms with E-state index >= 15 is 0 Å². The average molecular weight is 383 g/mol. The molecule has 0 aromatic carbocycles. The van der Waals surface area contributed by atoms with Crippen LogP contribution in [0.1, 0.15) is 53.7 Å². The number of imidazole rings is 1. The van der Waals surface area contributed by atoms with Crippen molar-refractivity contribution in [1.82, 2.24) is 24.1 Å². The molecule has 1 atom stereocenters. The summed E-state index contributed by atoms with van der Waals surface area (Å²) in [5.74, 6) is 0.208. The third-order valence-corrected chi connectivity index (χ3v) is 6.09. The molecule has 0 aliphatic carbocycles. The van der Waals surface area contributed by atoms with Crippen molar-refractivity contribution in [1.29, 1.82) is 0 Å². The molecule has 7 heteroatoms. The molecule has 7 nitrogen and oxygen atoms in total. The van der Waals surface area contributed by atoms with Crippen LogP contribution in [0.5, 0.6) is 0 Å². The van der Waals surface area contributed by atoms with Crippen molar-refractivity contribution in [3.8, 4) is 0 Å². The number of nitrogens with zero attached hydrogens (tertiary/aromatic N) is 5. The topological polar surface area (TPSA) is 61.2 Å². The summed E-state index contributed by atoms with van der Waals surface area (Å²) in [5, 5.41) is 0. The molecular formula is C21H29N5O2. The number of fused-ring (bicyclic) bond motifs is 1. The summed E-state index contributed by atoms with van der Waals surface area (Å²) in [6.45, 7) is 5.98. The molecule has 2 fully saturated rings. The Hall–Kier alpha value is -2.41. The van der Waals surface area contributed by atoms with Crippen molar-refractivity contribution in [3.63, 3.8) is 0 Å². The number of pyridine rings is 1. The Kier molecular flexibility index (Phi) is 5.35. The van der Waals surface area contributed by atoms with Gasteiger partial charge in [-0.3, -0.25) is 14.0 Å². The van der Waals surface area contributed by atoms with Crippen LogP contribution in [-0.4, -0.2) is 81.7 Å². The second-order valence-corrected chi connectivity index (χ2v) is 7.89. The molecule has 0 radical (unpaired) electrons. The van der Waals surface area contributed by atoms with Crippen LogP contribution in [0.4, 0.5) is 0 Å². The fraction of sp³-hybridized carbons (Fsp3) is 0.571. The molecule has 0 saturated carbocycles. The minimum Gasteiger partial charge on any atom is -0.335 e. The summed E-state index contributed by atoms with van der Waals surface area (Å²) in [6, 6.07) is 5.90. The van der Waals surface area contributed by atoms with E-state index in [0.717, 1.165) is 45.3 Å². The summed E-state index contributed by atoms with van der Waals surface area (Å²) in [6.07, 6.45) is 6.01. The molecule has 2 aliphatic rings. The van der Waals surface area contributed by atoms with Crippen LogP contribution in [0.25, 0.3) is 5.52 Å². The van der Waals surface area contributed by atoms with E-state index in [9.17, 15) is 9.59 Å². The Morgan fingerprint density at radius 1 is 1.07 bits per heavy atom. The first-order valence-electron chi connectivity index (χ1n) is 10.4. The van der Waals surface area contributed by atoms with E-state index < -0.39 is 0 Å². The largest absolute Gasteiger partial charge is 0.335 e. The van der Waals surface area contributed by atoms with E-state index in [1.807, 2.05) is 34.2 Å². The predicted octanol–water partition coefficient (Wildman–Crippen LogP) is 2.13. The van der Waals surface area contributed by atoms with Gasteiger partial charge in [0.15, 0.2) is 5.69 Å². The van der Waals surface area contributed by atoms with Crippen molar-refractivity contribution in [3.05, 3.63) is 35.9 Å². The lowest BCUT2D eigenvalue weighted by Gasteiger charge is -2.34. The van der Waals surface area contributed by atoms with Crippen LogP contribution in [0, 0.1) is 0 Å². The van der Waals surface area contributed by atoms with E-state index in [2.05, 4.69) is 23.9 Å². The van der Waals surface area contributed by atoms with Gasteiger partial charge in [0.2, 0.25) is 5.82 Å². The highest BCUT2D eigenvalue weighted by Crippen LogP contribution is 2.23. The molecule has 0 spiro atoms. The minimum absolute atomic E-state index is 0.0647. The van der Waals surface area contributed by atoms with E-state index in [0.29, 0.717) is 30.1 Å². The monoisotopic (exact) mass is 383 g/mol. The first-order valence-corrected chi connectivity index (χ1v) is 10.4. The lowest BCUT2D eigenvalue weighted by Crippen LogP contribution is -2.47. The van der Waals surface area contributed by atoms with Gasteiger partial charge >= 0.3 is 0 Å². The number of piperazine rings is 1. The van der Waals surface area contributed by atoms with E-state index in [1.54, 1.807) is 4.40 Å². The van der Waals surface area contributed by atoms with Crippen molar-refractivity contribution in [2.45, 2.75) is 38.6 Å². The summed E-state index contributed by atoms with van der Waals surface area (Å²) in [4.78, 5) is 37.1. The standard InChI is InChI=1S/C21H29N5O2/c1-3-16-8-4-6-10-25(16)21(28)19-22-18(17-9-5-7-11-26(17)19)20(27)24-14-12-23(2)13-15-24/h5,7,9,11,16H,3-4,6,8,10,12-15H2,1-2H3. The fourth-order valence-corrected chi connectivity index (χ4v) is 4.33. The van der Waals surface area contributed by atoms with Gasteiger partial charge in [-0.15, -0.1) is 0 Å². The maximum Gasteiger partial charge on any atom is 0.290 e. The molecule has 150 valence electrons. The maximum atomic E-state index is 13.3. The van der Waals surface area contributed by atoms with Gasteiger partial charge in [-0.05, 0) is 44.9 Å². The summed E-state index contributed by atoms with van der Waals surface area (Å²) < 4.78 is 1.78. The highest BCUT2D eigenvalue weighted by Gasteiger charge is 2.32. The van der Waals surface area contributed by atoms with Gasteiger partial charge in [-0.1, -0.05) is 13.0 Å². The van der Waals surface area contributed by atoms with Gasteiger partial charge in [0, 0.05) is 45.0 Å². The number of carbonyl (C=O) groups excluding carboxylic acids is 2. The summed E-state index contributed by atoms with van der Waals surface area (Å²) in [7, 11) is 2.06. The molecule has 2 aromatic rings. The lowest BCUT2D eigenvalue weighted by atomic mass is 10.00. The van der Waals surface area contributed by atoms with Gasteiger partial charge < -0.3 is 14.7 Å². The molecule has 2 amide bonds. The molecule has 0 N–H and O–H groups in total. The normalized spacial score (nSPS) is 21.3. The van der Waals surface area contributed by atoms with Gasteiger partial charge in [-0.2, -0.15) is 0 Å². The number of carbonyl (C=O) groups is 2. The molecular weight excluding hydrogens is 354 g/mol. The first kappa shape index (κ1) is 18.9. The van der Waals surface area contributed by atoms with Crippen LogP contribution >= 0.6 is 0 Å². The quantitative estimate of drug-likeness (QED) is 0.815. The number of amides is 2. The molecule has 0 bridgehead atoms. The second kappa shape index (κ2) is 7.91. The Labute approximate surface area is 165 Å². The molecule has 2 saturated heterocycles. The third kappa shape index (κ3) is 3.39. The number of rotatable bonds is 3. The lowest BCUT2D eigenvalue weighted by molar-refractivity contribution is 0.0594. The van der Waals surface area contributed by atoms with Crippen LogP contribution in [0.3, 0.4) is 0 Å². The second-order valence-electron chi connectivity index (χ2n) is 7.89. The van der Waals surface area contributed by atoms with Crippen LogP contribution in [0.2, 0.25) is 0 Å². The third-order valence-electron chi connectivity index (χ3n) is 6.09. The SMILES string of the molecule is CCC1CCCCN1C(=O)c1nc(C(=O)N2CCN(C)CC2)c2ccccn12. The Morgan fingerprint density at radius 2 is 1.86 bits per heavy atom. The van der Waals surface area contributed by atoms with E-state index in [-0.39, 0.29) is 17.9 Å². The molecule has 28 heavy (non-hydrogen) atoms. The smallest absolute Gasteiger partial charge is 0.290 e. The zero-order chi connectivity index (χ0) is 19.7. The van der Waals surface area contributed by atoms with Gasteiger partial charge in [0.1, 0.15) is 0 Å². The van der Waals surface area contributed by atoms with Crippen LogP contribution in [0.15, 0.2) is 24.4 Å². The summed E-state index contributed by atoms with van der Waals surface area (Å²) in [5.41, 5.74) is 1.10. The molecule has 2 aromatic heterocycles. The molecule has 4 rings (SSSR count). The number of hydrogen-bond acceptors (Lipinski definition) is 4. The number of likely N-dealkylation sites (tertiary alicyclic amines) is 1. The van der Waals surface area contributed by atoms with Crippen molar-refractivity contribution < 1.29 is 9.59 Å². The van der Waals surface area contributed by atoms with Crippen molar-refractivity contribution in [2.75, 3.05) is 39.8 Å². The van der Waals surface area contributed by atoms with Gasteiger partial charge in [0.05, 0.1) is 5.52 Å². The van der Waals surface area contributed by atoms with Gasteiger partial charge in [-0.25, -0.2) is 4.98 Å². The highest BCUT2D eigenvalue weighted by atomic mass is 16.2. The number of hydrogen-bond donors (Lipinski definition) is 0. The fourth-order valence-electron chi connectivity index (χ4n) is 4.33. The van der Waals surface area contributed by atoms with Crippen LogP contribution in [-0.2, 0) is 0 Å². The van der Waals surface area contributed by atoms with Crippen LogP contribution < -0.4 is 0 Å². The summed E-state index contributed by atoms with van der Waals surface area (Å²) >= 11 is 0. The Balaban J connectivity index is 1.68. The first-order chi connectivity index (χ1) is 13.6. The van der Waals surface area contributed by atoms with Crippen molar-refractivity contribution >= 4 is 17.3 Å². The zero-order valence-corrected chi connectivity index (χ0v) is 16.8. The number of piperidine rings is 1. The molecule has 4 heterocycles. The van der Waals surface area contributed by atoms with Crippen molar-refractivity contribution in [2.24, 2.45) is 0 Å². The van der Waals surface area contributed by atoms with Gasteiger partial charge in [0.25, 0.3) is 11.8 Å². The predicted molar refractivity (Wildman–Crippen MR) is 108 cm³/mol. The highest BCUT2D eigenvalue weighted by molar-refractivity contribution is 6.02. The molecule has 1 unspecified atom stereocenters. The average Bonchev–Trinajstić information content (AvgIpc) is 3.13. The number of aromatic nitrogens is 2. The molecule has 2 aliphatic heterocycles. The van der Waals surface area contributed by atoms with E-state index in [4.69, 9.17) is 0 Å². The maximum absolute atomic E-state index is 13.3. The van der Waals surface area contributed by atoms with E-state index in [1.165, 1.54) is 0 Å². The number of likely N-dealkylation sites (N-methyl/N-ethyl adjacent to an activating group) is 1. The Morgan fingerprint density at radius 3 is 2.61 bits per heavy atom.